The molecule has 3 rings (SSSR count). The van der Waals surface area contributed by atoms with Gasteiger partial charge in [-0.25, -0.2) is 4.39 Å². The number of hydrogen-bond donors (Lipinski definition) is 1. The van der Waals surface area contributed by atoms with Crippen LogP contribution in [0.15, 0.2) is 47.0 Å². The van der Waals surface area contributed by atoms with Crippen LogP contribution in [0.5, 0.6) is 5.75 Å². The Bertz CT molecular complexity index is 1040. The molecule has 0 radical (unpaired) electrons. The number of ether oxygens (including phenoxy) is 1. The van der Waals surface area contributed by atoms with Gasteiger partial charge in [-0.3, -0.25) is 4.79 Å². The highest BCUT2D eigenvalue weighted by molar-refractivity contribution is 5.96. The molecule has 3 aromatic rings. The van der Waals surface area contributed by atoms with Gasteiger partial charge in [0, 0.05) is 6.54 Å². The van der Waals surface area contributed by atoms with Crippen LogP contribution in [0.4, 0.5) is 17.6 Å². The third kappa shape index (κ3) is 4.79. The van der Waals surface area contributed by atoms with E-state index in [-0.39, 0.29) is 23.5 Å². The molecule has 158 valence electrons. The van der Waals surface area contributed by atoms with Gasteiger partial charge in [0.15, 0.2) is 0 Å². The molecule has 0 aliphatic rings. The first-order chi connectivity index (χ1) is 14.2. The van der Waals surface area contributed by atoms with Crippen LogP contribution in [0.1, 0.15) is 38.5 Å². The number of nitrogens with zero attached hydrogens (tertiary/aromatic N) is 1. The number of amides is 1. The monoisotopic (exact) mass is 422 g/mol. The van der Waals surface area contributed by atoms with Crippen LogP contribution in [-0.4, -0.2) is 11.1 Å². The Hall–Kier alpha value is -3.36. The van der Waals surface area contributed by atoms with Crippen molar-refractivity contribution in [3.63, 3.8) is 0 Å². The van der Waals surface area contributed by atoms with Gasteiger partial charge in [0.25, 0.3) is 5.91 Å². The van der Waals surface area contributed by atoms with E-state index in [0.717, 1.165) is 17.7 Å². The Morgan fingerprint density at radius 1 is 1.17 bits per heavy atom. The molecule has 0 aliphatic heterocycles. The fourth-order valence-corrected chi connectivity index (χ4v) is 2.88. The van der Waals surface area contributed by atoms with Crippen LogP contribution in [0.25, 0.3) is 0 Å². The van der Waals surface area contributed by atoms with Crippen LogP contribution in [0.2, 0.25) is 0 Å². The van der Waals surface area contributed by atoms with E-state index in [4.69, 9.17) is 9.26 Å². The largest absolute Gasteiger partial charge is 0.488 e. The first-order valence-electron chi connectivity index (χ1n) is 8.94. The third-order valence-electron chi connectivity index (χ3n) is 4.50. The summed E-state index contributed by atoms with van der Waals surface area (Å²) in [5.41, 5.74) is 0.175. The van der Waals surface area contributed by atoms with E-state index in [1.807, 2.05) is 0 Å². The summed E-state index contributed by atoms with van der Waals surface area (Å²) >= 11 is 0. The number of para-hydroxylation sites is 1. The summed E-state index contributed by atoms with van der Waals surface area (Å²) in [6, 6.07) is 8.66. The predicted octanol–water partition coefficient (Wildman–Crippen LogP) is 4.96. The van der Waals surface area contributed by atoms with Crippen molar-refractivity contribution >= 4 is 5.91 Å². The van der Waals surface area contributed by atoms with Crippen molar-refractivity contribution in [2.45, 2.75) is 33.2 Å². The standard InChI is InChI=1S/C21H18F4N2O3/c1-12-17(13(2)30-27-12)11-29-19-6-4-3-5-16(19)20(28)26-10-14-7-8-15(22)9-18(14)21(23,24)25/h3-9H,10-11H2,1-2H3,(H,26,28). The Balaban J connectivity index is 1.74. The molecule has 0 aliphatic carbocycles. The summed E-state index contributed by atoms with van der Waals surface area (Å²) in [5, 5.41) is 6.26. The molecule has 0 atom stereocenters. The molecular formula is C21H18F4N2O3. The van der Waals surface area contributed by atoms with E-state index in [2.05, 4.69) is 10.5 Å². The lowest BCUT2D eigenvalue weighted by atomic mass is 10.1. The zero-order valence-electron chi connectivity index (χ0n) is 16.1. The smallest absolute Gasteiger partial charge is 0.416 e. The van der Waals surface area contributed by atoms with Crippen LogP contribution in [0, 0.1) is 19.7 Å². The third-order valence-corrected chi connectivity index (χ3v) is 4.50. The zero-order valence-corrected chi connectivity index (χ0v) is 16.1. The highest BCUT2D eigenvalue weighted by atomic mass is 19.4. The number of hydrogen-bond acceptors (Lipinski definition) is 4. The van der Waals surface area contributed by atoms with Gasteiger partial charge < -0.3 is 14.6 Å². The molecule has 0 bridgehead atoms. The van der Waals surface area contributed by atoms with Gasteiger partial charge in [0.05, 0.1) is 22.4 Å². The Morgan fingerprint density at radius 3 is 2.57 bits per heavy atom. The molecule has 0 saturated heterocycles. The molecule has 0 spiro atoms. The van der Waals surface area contributed by atoms with Crippen molar-refractivity contribution in [1.82, 2.24) is 10.5 Å². The molecular weight excluding hydrogens is 404 g/mol. The number of halogens is 4. The maximum absolute atomic E-state index is 13.2. The van der Waals surface area contributed by atoms with Gasteiger partial charge >= 0.3 is 6.18 Å². The highest BCUT2D eigenvalue weighted by Gasteiger charge is 2.33. The Kier molecular flexibility index (Phi) is 6.09. The summed E-state index contributed by atoms with van der Waals surface area (Å²) in [4.78, 5) is 12.6. The average molecular weight is 422 g/mol. The second kappa shape index (κ2) is 8.56. The van der Waals surface area contributed by atoms with E-state index in [1.54, 1.807) is 32.0 Å². The van der Waals surface area contributed by atoms with Crippen molar-refractivity contribution in [1.29, 1.82) is 0 Å². The SMILES string of the molecule is Cc1noc(C)c1COc1ccccc1C(=O)NCc1ccc(F)cc1C(F)(F)F. The molecule has 30 heavy (non-hydrogen) atoms. The minimum atomic E-state index is -4.74. The number of carbonyl (C=O) groups excluding carboxylic acids is 1. The van der Waals surface area contributed by atoms with Crippen molar-refractivity contribution < 1.29 is 31.6 Å². The van der Waals surface area contributed by atoms with E-state index < -0.39 is 30.0 Å². The van der Waals surface area contributed by atoms with Crippen molar-refractivity contribution in [2.24, 2.45) is 0 Å². The van der Waals surface area contributed by atoms with Crippen LogP contribution in [0.3, 0.4) is 0 Å². The minimum Gasteiger partial charge on any atom is -0.488 e. The van der Waals surface area contributed by atoms with Crippen molar-refractivity contribution in [2.75, 3.05) is 0 Å². The number of aryl methyl sites for hydroxylation is 2. The molecule has 0 unspecified atom stereocenters. The number of benzene rings is 2. The van der Waals surface area contributed by atoms with Gasteiger partial charge in [0.2, 0.25) is 0 Å². The van der Waals surface area contributed by atoms with Crippen molar-refractivity contribution in [3.05, 3.63) is 82.0 Å². The molecule has 1 N–H and O–H groups in total. The summed E-state index contributed by atoms with van der Waals surface area (Å²) < 4.78 is 63.4. The van der Waals surface area contributed by atoms with Gasteiger partial charge in [-0.05, 0) is 43.7 Å². The van der Waals surface area contributed by atoms with Crippen LogP contribution in [-0.2, 0) is 19.3 Å². The van der Waals surface area contributed by atoms with E-state index in [1.165, 1.54) is 6.07 Å². The normalized spacial score (nSPS) is 11.4. The summed E-state index contributed by atoms with van der Waals surface area (Å²) in [6.45, 7) is 3.18. The van der Waals surface area contributed by atoms with E-state index in [0.29, 0.717) is 17.5 Å². The van der Waals surface area contributed by atoms with Gasteiger partial charge in [-0.2, -0.15) is 13.2 Å². The van der Waals surface area contributed by atoms with E-state index >= 15 is 0 Å². The maximum Gasteiger partial charge on any atom is 0.416 e. The topological polar surface area (TPSA) is 64.4 Å². The Labute approximate surface area is 169 Å². The summed E-state index contributed by atoms with van der Waals surface area (Å²) in [7, 11) is 0. The van der Waals surface area contributed by atoms with E-state index in [9.17, 15) is 22.4 Å². The maximum atomic E-state index is 13.2. The molecule has 2 aromatic carbocycles. The van der Waals surface area contributed by atoms with Crippen LogP contribution < -0.4 is 10.1 Å². The molecule has 5 nitrogen and oxygen atoms in total. The first kappa shape index (κ1) is 21.4. The quantitative estimate of drug-likeness (QED) is 0.571. The highest BCUT2D eigenvalue weighted by Crippen LogP contribution is 2.32. The van der Waals surface area contributed by atoms with Crippen LogP contribution >= 0.6 is 0 Å². The lowest BCUT2D eigenvalue weighted by Gasteiger charge is -2.15. The molecule has 9 heteroatoms. The minimum absolute atomic E-state index is 0.113. The molecule has 1 aromatic heterocycles. The fraction of sp³-hybridized carbons (Fsp3) is 0.238. The number of carbonyl (C=O) groups is 1. The lowest BCUT2D eigenvalue weighted by molar-refractivity contribution is -0.138. The van der Waals surface area contributed by atoms with Gasteiger partial charge in [-0.15, -0.1) is 0 Å². The molecule has 0 saturated carbocycles. The number of rotatable bonds is 6. The fourth-order valence-electron chi connectivity index (χ4n) is 2.88. The Morgan fingerprint density at radius 2 is 1.90 bits per heavy atom. The average Bonchev–Trinajstić information content (AvgIpc) is 3.02. The van der Waals surface area contributed by atoms with Crippen molar-refractivity contribution in [3.8, 4) is 5.75 Å². The molecule has 0 fully saturated rings. The lowest BCUT2D eigenvalue weighted by Crippen LogP contribution is -2.25. The molecule has 1 amide bonds. The number of alkyl halides is 3. The summed E-state index contributed by atoms with van der Waals surface area (Å²) in [5.74, 6) is -0.784. The predicted molar refractivity (Wildman–Crippen MR) is 99.3 cm³/mol. The second-order valence-corrected chi connectivity index (χ2v) is 6.57. The summed E-state index contributed by atoms with van der Waals surface area (Å²) in [6.07, 6.45) is -4.74. The molecule has 1 heterocycles. The number of aromatic nitrogens is 1. The first-order valence-corrected chi connectivity index (χ1v) is 8.94. The van der Waals surface area contributed by atoms with Gasteiger partial charge in [-0.1, -0.05) is 23.4 Å². The van der Waals surface area contributed by atoms with Gasteiger partial charge in [0.1, 0.15) is 23.9 Å². The second-order valence-electron chi connectivity index (χ2n) is 6.57. The zero-order chi connectivity index (χ0) is 21.9. The number of nitrogens with one attached hydrogen (secondary N) is 1.